The van der Waals surface area contributed by atoms with Crippen molar-refractivity contribution in [1.82, 2.24) is 0 Å². The Morgan fingerprint density at radius 3 is 2.57 bits per heavy atom. The van der Waals surface area contributed by atoms with Gasteiger partial charge in [-0.2, -0.15) is 0 Å². The lowest BCUT2D eigenvalue weighted by Gasteiger charge is -2.38. The first kappa shape index (κ1) is 15.9. The summed E-state index contributed by atoms with van der Waals surface area (Å²) in [6.45, 7) is 6.81. The number of ether oxygens (including phenoxy) is 1. The fraction of sp³-hybridized carbons (Fsp3) is 0.526. The molecule has 2 aliphatic carbocycles. The Balaban J connectivity index is 1.66. The second-order valence-corrected chi connectivity index (χ2v) is 7.62. The van der Waals surface area contributed by atoms with E-state index in [9.17, 15) is 15.0 Å². The number of carbonyl (C=O) groups is 1. The number of carbonyl (C=O) groups excluding carboxylic acids is 1. The summed E-state index contributed by atoms with van der Waals surface area (Å²) in [7, 11) is 0. The predicted molar refractivity (Wildman–Crippen MR) is 87.9 cm³/mol. The van der Waals surface area contributed by atoms with Crippen LogP contribution in [0.4, 0.5) is 0 Å². The van der Waals surface area contributed by atoms with Crippen LogP contribution in [0.15, 0.2) is 24.3 Å². The van der Waals surface area contributed by atoms with Crippen molar-refractivity contribution >= 4 is 12.0 Å². The molecule has 0 aliphatic heterocycles. The molecule has 4 heteroatoms. The van der Waals surface area contributed by atoms with Crippen molar-refractivity contribution in [2.24, 2.45) is 16.7 Å². The highest BCUT2D eigenvalue weighted by molar-refractivity contribution is 5.87. The van der Waals surface area contributed by atoms with Crippen molar-refractivity contribution < 1.29 is 19.7 Å². The average Bonchev–Trinajstić information content (AvgIpc) is 2.82. The summed E-state index contributed by atoms with van der Waals surface area (Å²) in [4.78, 5) is 12.1. The molecule has 2 aliphatic rings. The molecule has 0 aromatic heterocycles. The van der Waals surface area contributed by atoms with Crippen LogP contribution in [-0.2, 0) is 9.53 Å². The first-order chi connectivity index (χ1) is 10.7. The number of phenolic OH excluding ortho intramolecular Hbond substituents is 2. The molecular formula is C19H24O4. The summed E-state index contributed by atoms with van der Waals surface area (Å²) in [6.07, 6.45) is 6.22. The molecule has 1 aromatic carbocycles. The number of aromatic hydroxyl groups is 2. The van der Waals surface area contributed by atoms with Gasteiger partial charge in [0.05, 0.1) is 0 Å². The average molecular weight is 316 g/mol. The highest BCUT2D eigenvalue weighted by Crippen LogP contribution is 2.66. The van der Waals surface area contributed by atoms with E-state index in [2.05, 4.69) is 20.8 Å². The zero-order chi connectivity index (χ0) is 16.8. The summed E-state index contributed by atoms with van der Waals surface area (Å²) < 4.78 is 5.72. The second-order valence-electron chi connectivity index (χ2n) is 7.62. The van der Waals surface area contributed by atoms with Gasteiger partial charge < -0.3 is 14.9 Å². The predicted octanol–water partition coefficient (Wildman–Crippen LogP) is 3.87. The Hall–Kier alpha value is -1.97. The molecule has 2 fully saturated rings. The molecule has 3 atom stereocenters. The number of hydrogen-bond acceptors (Lipinski definition) is 4. The zero-order valence-electron chi connectivity index (χ0n) is 13.9. The standard InChI is InChI=1S/C19H24O4/c1-18(2)13-8-9-19(18,3)16(11-13)23-17(22)7-5-12-4-6-14(20)15(21)10-12/h4-7,10,13,16,20-21H,8-9,11H2,1-3H3/b7-5+/t13?,16-,19+/m1/s1. The molecule has 3 rings (SSSR count). The third-order valence-corrected chi connectivity index (χ3v) is 6.38. The Bertz CT molecular complexity index is 661. The molecule has 2 bridgehead atoms. The van der Waals surface area contributed by atoms with Gasteiger partial charge in [-0.15, -0.1) is 0 Å². The summed E-state index contributed by atoms with van der Waals surface area (Å²) in [5.74, 6) is -0.111. The van der Waals surface area contributed by atoms with Crippen LogP contribution < -0.4 is 0 Å². The maximum Gasteiger partial charge on any atom is 0.331 e. The fourth-order valence-electron chi connectivity index (χ4n) is 4.30. The summed E-state index contributed by atoms with van der Waals surface area (Å²) in [5.41, 5.74) is 0.902. The SMILES string of the molecule is CC1(C)C2CC[C@@]1(C)[C@H](OC(=O)/C=C/c1ccc(O)c(O)c1)C2. The topological polar surface area (TPSA) is 66.8 Å². The maximum atomic E-state index is 12.1. The van der Waals surface area contributed by atoms with Crippen LogP contribution in [0.25, 0.3) is 6.08 Å². The molecule has 124 valence electrons. The normalized spacial score (nSPS) is 31.6. The van der Waals surface area contributed by atoms with Crippen molar-refractivity contribution in [3.63, 3.8) is 0 Å². The molecule has 1 aromatic rings. The number of phenols is 2. The Labute approximate surface area is 136 Å². The molecular weight excluding hydrogens is 292 g/mol. The number of rotatable bonds is 3. The van der Waals surface area contributed by atoms with E-state index in [1.54, 1.807) is 12.1 Å². The van der Waals surface area contributed by atoms with Gasteiger partial charge in [0.2, 0.25) is 0 Å². The molecule has 0 spiro atoms. The van der Waals surface area contributed by atoms with E-state index in [-0.39, 0.29) is 34.4 Å². The lowest BCUT2D eigenvalue weighted by Crippen LogP contribution is -2.38. The zero-order valence-corrected chi connectivity index (χ0v) is 13.9. The second kappa shape index (κ2) is 5.29. The number of hydrogen-bond donors (Lipinski definition) is 2. The molecule has 4 nitrogen and oxygen atoms in total. The quantitative estimate of drug-likeness (QED) is 0.505. The van der Waals surface area contributed by atoms with E-state index in [4.69, 9.17) is 4.74 Å². The summed E-state index contributed by atoms with van der Waals surface area (Å²) >= 11 is 0. The summed E-state index contributed by atoms with van der Waals surface area (Å²) in [6, 6.07) is 4.42. The van der Waals surface area contributed by atoms with Gasteiger partial charge in [0, 0.05) is 11.5 Å². The van der Waals surface area contributed by atoms with Crippen LogP contribution in [0, 0.1) is 16.7 Å². The van der Waals surface area contributed by atoms with Gasteiger partial charge in [-0.25, -0.2) is 4.79 Å². The number of esters is 1. The van der Waals surface area contributed by atoms with Crippen LogP contribution in [0.1, 0.15) is 45.6 Å². The van der Waals surface area contributed by atoms with Crippen molar-refractivity contribution in [3.05, 3.63) is 29.8 Å². The molecule has 1 unspecified atom stereocenters. The molecule has 2 N–H and O–H groups in total. The van der Waals surface area contributed by atoms with Crippen molar-refractivity contribution in [2.75, 3.05) is 0 Å². The Kier molecular flexibility index (Phi) is 3.66. The summed E-state index contributed by atoms with van der Waals surface area (Å²) in [5, 5.41) is 18.7. The highest BCUT2D eigenvalue weighted by atomic mass is 16.5. The van der Waals surface area contributed by atoms with Gasteiger partial charge in [0.1, 0.15) is 6.10 Å². The third kappa shape index (κ3) is 2.50. The maximum absolute atomic E-state index is 12.1. The largest absolute Gasteiger partial charge is 0.504 e. The molecule has 23 heavy (non-hydrogen) atoms. The first-order valence-corrected chi connectivity index (χ1v) is 8.15. The van der Waals surface area contributed by atoms with Crippen LogP contribution in [-0.4, -0.2) is 22.3 Å². The monoisotopic (exact) mass is 316 g/mol. The minimum absolute atomic E-state index is 0.0263. The van der Waals surface area contributed by atoms with Crippen LogP contribution in [0.5, 0.6) is 11.5 Å². The van der Waals surface area contributed by atoms with Crippen LogP contribution in [0.3, 0.4) is 0 Å². The molecule has 0 amide bonds. The van der Waals surface area contributed by atoms with Gasteiger partial charge in [-0.1, -0.05) is 26.8 Å². The van der Waals surface area contributed by atoms with E-state index < -0.39 is 0 Å². The fourth-order valence-corrected chi connectivity index (χ4v) is 4.30. The lowest BCUT2D eigenvalue weighted by molar-refractivity contribution is -0.150. The molecule has 0 saturated heterocycles. The minimum atomic E-state index is -0.355. The van der Waals surface area contributed by atoms with E-state index in [0.29, 0.717) is 11.5 Å². The van der Waals surface area contributed by atoms with E-state index in [0.717, 1.165) is 12.8 Å². The third-order valence-electron chi connectivity index (χ3n) is 6.38. The molecule has 2 saturated carbocycles. The van der Waals surface area contributed by atoms with Crippen molar-refractivity contribution in [3.8, 4) is 11.5 Å². The Morgan fingerprint density at radius 1 is 1.26 bits per heavy atom. The van der Waals surface area contributed by atoms with Gasteiger partial charge in [0.15, 0.2) is 11.5 Å². The minimum Gasteiger partial charge on any atom is -0.504 e. The van der Waals surface area contributed by atoms with Crippen molar-refractivity contribution in [2.45, 2.75) is 46.1 Å². The van der Waals surface area contributed by atoms with Gasteiger partial charge >= 0.3 is 5.97 Å². The van der Waals surface area contributed by atoms with Crippen molar-refractivity contribution in [1.29, 1.82) is 0 Å². The van der Waals surface area contributed by atoms with Gasteiger partial charge in [-0.3, -0.25) is 0 Å². The number of benzene rings is 1. The highest BCUT2D eigenvalue weighted by Gasteiger charge is 2.62. The van der Waals surface area contributed by atoms with Crippen LogP contribution in [0.2, 0.25) is 0 Å². The number of fused-ring (bicyclic) bond motifs is 2. The van der Waals surface area contributed by atoms with E-state index >= 15 is 0 Å². The van der Waals surface area contributed by atoms with E-state index in [1.165, 1.54) is 24.6 Å². The lowest BCUT2D eigenvalue weighted by atomic mass is 9.70. The molecule has 0 radical (unpaired) electrons. The van der Waals surface area contributed by atoms with E-state index in [1.807, 2.05) is 0 Å². The molecule has 0 heterocycles. The van der Waals surface area contributed by atoms with Gasteiger partial charge in [0.25, 0.3) is 0 Å². The Morgan fingerprint density at radius 2 is 2.00 bits per heavy atom. The van der Waals surface area contributed by atoms with Crippen LogP contribution >= 0.6 is 0 Å². The van der Waals surface area contributed by atoms with Gasteiger partial charge in [-0.05, 0) is 54.4 Å². The smallest absolute Gasteiger partial charge is 0.331 e. The first-order valence-electron chi connectivity index (χ1n) is 8.15.